The van der Waals surface area contributed by atoms with Crippen molar-refractivity contribution >= 4 is 11.3 Å². The SMILES string of the molecule is CC(C)NCCCNCCc1cscn1. The molecule has 86 valence electrons. The lowest BCUT2D eigenvalue weighted by atomic mass is 10.3. The maximum Gasteiger partial charge on any atom is 0.0794 e. The highest BCUT2D eigenvalue weighted by molar-refractivity contribution is 7.07. The second kappa shape index (κ2) is 7.79. The van der Waals surface area contributed by atoms with Crippen molar-refractivity contribution in [3.8, 4) is 0 Å². The van der Waals surface area contributed by atoms with E-state index in [0.717, 1.165) is 26.1 Å². The van der Waals surface area contributed by atoms with Crippen molar-refractivity contribution in [2.45, 2.75) is 32.7 Å². The molecule has 0 unspecified atom stereocenters. The standard InChI is InChI=1S/C11H21N3S/c1-10(2)13-6-3-5-12-7-4-11-8-15-9-14-11/h8-10,12-13H,3-7H2,1-2H3. The summed E-state index contributed by atoms with van der Waals surface area (Å²) in [6, 6.07) is 0.597. The van der Waals surface area contributed by atoms with Gasteiger partial charge in [0, 0.05) is 24.4 Å². The summed E-state index contributed by atoms with van der Waals surface area (Å²) in [5.41, 5.74) is 3.09. The van der Waals surface area contributed by atoms with Crippen LogP contribution >= 0.6 is 11.3 Å². The lowest BCUT2D eigenvalue weighted by Gasteiger charge is -2.08. The van der Waals surface area contributed by atoms with Gasteiger partial charge >= 0.3 is 0 Å². The number of nitrogens with one attached hydrogen (secondary N) is 2. The van der Waals surface area contributed by atoms with Gasteiger partial charge < -0.3 is 10.6 Å². The molecule has 0 radical (unpaired) electrons. The molecule has 0 amide bonds. The Bertz CT molecular complexity index is 234. The highest BCUT2D eigenvalue weighted by Crippen LogP contribution is 2.00. The van der Waals surface area contributed by atoms with E-state index < -0.39 is 0 Å². The zero-order valence-corrected chi connectivity index (χ0v) is 10.4. The first-order valence-corrected chi connectivity index (χ1v) is 6.54. The van der Waals surface area contributed by atoms with Gasteiger partial charge in [-0.2, -0.15) is 0 Å². The van der Waals surface area contributed by atoms with Crippen molar-refractivity contribution in [2.75, 3.05) is 19.6 Å². The summed E-state index contributed by atoms with van der Waals surface area (Å²) >= 11 is 1.67. The first-order valence-electron chi connectivity index (χ1n) is 5.60. The molecule has 0 aromatic carbocycles. The van der Waals surface area contributed by atoms with Crippen molar-refractivity contribution in [2.24, 2.45) is 0 Å². The molecule has 0 aliphatic heterocycles. The molecule has 3 nitrogen and oxygen atoms in total. The Hall–Kier alpha value is -0.450. The van der Waals surface area contributed by atoms with E-state index in [0.29, 0.717) is 6.04 Å². The zero-order valence-electron chi connectivity index (χ0n) is 9.62. The molecule has 0 atom stereocenters. The average molecular weight is 227 g/mol. The number of rotatable bonds is 8. The van der Waals surface area contributed by atoms with Crippen molar-refractivity contribution in [3.05, 3.63) is 16.6 Å². The molecule has 0 saturated heterocycles. The van der Waals surface area contributed by atoms with Gasteiger partial charge in [0.25, 0.3) is 0 Å². The number of aromatic nitrogens is 1. The Morgan fingerprint density at radius 1 is 1.33 bits per heavy atom. The lowest BCUT2D eigenvalue weighted by Crippen LogP contribution is -2.27. The van der Waals surface area contributed by atoms with E-state index in [2.05, 4.69) is 34.8 Å². The molecular formula is C11H21N3S. The van der Waals surface area contributed by atoms with Crippen LogP contribution in [0.2, 0.25) is 0 Å². The minimum absolute atomic E-state index is 0.597. The average Bonchev–Trinajstić information content (AvgIpc) is 2.68. The van der Waals surface area contributed by atoms with Crippen LogP contribution in [0.1, 0.15) is 26.0 Å². The Morgan fingerprint density at radius 2 is 2.20 bits per heavy atom. The van der Waals surface area contributed by atoms with E-state index in [9.17, 15) is 0 Å². The Morgan fingerprint density at radius 3 is 2.87 bits per heavy atom. The van der Waals surface area contributed by atoms with Gasteiger partial charge in [0.1, 0.15) is 0 Å². The van der Waals surface area contributed by atoms with E-state index in [1.165, 1.54) is 12.1 Å². The van der Waals surface area contributed by atoms with Gasteiger partial charge in [0.15, 0.2) is 0 Å². The van der Waals surface area contributed by atoms with Gasteiger partial charge in [-0.25, -0.2) is 4.98 Å². The molecule has 0 aliphatic rings. The summed E-state index contributed by atoms with van der Waals surface area (Å²) in [4.78, 5) is 4.24. The fourth-order valence-corrected chi connectivity index (χ4v) is 1.90. The highest BCUT2D eigenvalue weighted by Gasteiger charge is 1.94. The number of hydrogen-bond donors (Lipinski definition) is 2. The lowest BCUT2D eigenvalue weighted by molar-refractivity contribution is 0.548. The van der Waals surface area contributed by atoms with Crippen LogP contribution in [-0.4, -0.2) is 30.7 Å². The Balaban J connectivity index is 1.85. The van der Waals surface area contributed by atoms with Gasteiger partial charge in [0.2, 0.25) is 0 Å². The molecule has 0 aliphatic carbocycles. The first kappa shape index (κ1) is 12.6. The minimum atomic E-state index is 0.597. The van der Waals surface area contributed by atoms with Crippen LogP contribution < -0.4 is 10.6 Å². The zero-order chi connectivity index (χ0) is 10.9. The van der Waals surface area contributed by atoms with Crippen LogP contribution in [0.5, 0.6) is 0 Å². The fraction of sp³-hybridized carbons (Fsp3) is 0.727. The molecule has 2 N–H and O–H groups in total. The summed E-state index contributed by atoms with van der Waals surface area (Å²) in [6.07, 6.45) is 2.23. The van der Waals surface area contributed by atoms with E-state index in [4.69, 9.17) is 0 Å². The minimum Gasteiger partial charge on any atom is -0.316 e. The molecule has 4 heteroatoms. The maximum atomic E-state index is 4.24. The van der Waals surface area contributed by atoms with Crippen molar-refractivity contribution < 1.29 is 0 Å². The van der Waals surface area contributed by atoms with Crippen LogP contribution in [0.25, 0.3) is 0 Å². The van der Waals surface area contributed by atoms with Gasteiger partial charge in [-0.3, -0.25) is 0 Å². The second-order valence-electron chi connectivity index (χ2n) is 3.94. The van der Waals surface area contributed by atoms with Gasteiger partial charge in [-0.1, -0.05) is 13.8 Å². The molecular weight excluding hydrogens is 206 g/mol. The number of nitrogens with zero attached hydrogens (tertiary/aromatic N) is 1. The summed E-state index contributed by atoms with van der Waals surface area (Å²) in [6.45, 7) is 7.57. The molecule has 1 heterocycles. The first-order chi connectivity index (χ1) is 7.29. The molecule has 1 aromatic heterocycles. The summed E-state index contributed by atoms with van der Waals surface area (Å²) in [5.74, 6) is 0. The van der Waals surface area contributed by atoms with Crippen molar-refractivity contribution in [1.29, 1.82) is 0 Å². The third kappa shape index (κ3) is 6.60. The van der Waals surface area contributed by atoms with E-state index >= 15 is 0 Å². The molecule has 1 aromatic rings. The summed E-state index contributed by atoms with van der Waals surface area (Å²) in [5, 5.41) is 8.93. The smallest absolute Gasteiger partial charge is 0.0794 e. The third-order valence-corrected chi connectivity index (χ3v) is 2.76. The van der Waals surface area contributed by atoms with Crippen LogP contribution in [0.3, 0.4) is 0 Å². The molecule has 1 rings (SSSR count). The largest absolute Gasteiger partial charge is 0.316 e. The van der Waals surface area contributed by atoms with Crippen LogP contribution in [0.4, 0.5) is 0 Å². The summed E-state index contributed by atoms with van der Waals surface area (Å²) in [7, 11) is 0. The van der Waals surface area contributed by atoms with Crippen LogP contribution in [0, 0.1) is 0 Å². The molecule has 0 spiro atoms. The monoisotopic (exact) mass is 227 g/mol. The van der Waals surface area contributed by atoms with Gasteiger partial charge in [-0.05, 0) is 19.5 Å². The molecule has 0 fully saturated rings. The number of hydrogen-bond acceptors (Lipinski definition) is 4. The highest BCUT2D eigenvalue weighted by atomic mass is 32.1. The predicted octanol–water partition coefficient (Wildman–Crippen LogP) is 1.66. The van der Waals surface area contributed by atoms with E-state index in [1.807, 2.05) is 5.51 Å². The topological polar surface area (TPSA) is 37.0 Å². The molecule has 0 saturated carbocycles. The van der Waals surface area contributed by atoms with E-state index in [-0.39, 0.29) is 0 Å². The van der Waals surface area contributed by atoms with Crippen molar-refractivity contribution in [3.63, 3.8) is 0 Å². The second-order valence-corrected chi connectivity index (χ2v) is 4.66. The molecule has 0 bridgehead atoms. The van der Waals surface area contributed by atoms with Gasteiger partial charge in [0.05, 0.1) is 11.2 Å². The fourth-order valence-electron chi connectivity index (χ4n) is 1.31. The number of thiazole rings is 1. The van der Waals surface area contributed by atoms with E-state index in [1.54, 1.807) is 11.3 Å². The Labute approximate surface area is 96.3 Å². The normalized spacial score (nSPS) is 11.1. The van der Waals surface area contributed by atoms with Crippen LogP contribution in [-0.2, 0) is 6.42 Å². The quantitative estimate of drug-likeness (QED) is 0.663. The van der Waals surface area contributed by atoms with Gasteiger partial charge in [-0.15, -0.1) is 11.3 Å². The van der Waals surface area contributed by atoms with Crippen LogP contribution in [0.15, 0.2) is 10.9 Å². The molecule has 15 heavy (non-hydrogen) atoms. The third-order valence-electron chi connectivity index (χ3n) is 2.12. The maximum absolute atomic E-state index is 4.24. The predicted molar refractivity (Wildman–Crippen MR) is 66.4 cm³/mol. The Kier molecular flexibility index (Phi) is 6.55. The summed E-state index contributed by atoms with van der Waals surface area (Å²) < 4.78 is 0. The van der Waals surface area contributed by atoms with Crippen molar-refractivity contribution in [1.82, 2.24) is 15.6 Å².